The topological polar surface area (TPSA) is 130 Å². The van der Waals surface area contributed by atoms with Crippen molar-refractivity contribution in [2.24, 2.45) is 23.7 Å². The van der Waals surface area contributed by atoms with Gasteiger partial charge in [0.15, 0.2) is 5.60 Å². The number of carbonyl (C=O) groups is 4. The molecule has 0 aliphatic carbocycles. The van der Waals surface area contributed by atoms with Gasteiger partial charge in [-0.05, 0) is 65.5 Å². The van der Waals surface area contributed by atoms with Crippen molar-refractivity contribution < 1.29 is 33.4 Å². The van der Waals surface area contributed by atoms with E-state index in [1.807, 2.05) is 57.5 Å². The highest BCUT2D eigenvalue weighted by Crippen LogP contribution is 2.41. The Labute approximate surface area is 279 Å². The molecule has 0 unspecified atom stereocenters. The van der Waals surface area contributed by atoms with E-state index in [2.05, 4.69) is 9.97 Å². The normalized spacial score (nSPS) is 20.9. The smallest absolute Gasteiger partial charge is 0.410 e. The fourth-order valence-electron chi connectivity index (χ4n) is 6.69. The summed E-state index contributed by atoms with van der Waals surface area (Å²) < 4.78 is 19.6. The van der Waals surface area contributed by atoms with Crippen LogP contribution in [0.1, 0.15) is 88.0 Å². The number of Topliss-reactive ketones (excluding diaryl/α,β-unsaturated/α-hetero) is 2. The SMILES string of the molecule is CC[C@@H](OC(=O)[C@H](C)C(=O)C(C)C)[C@@]1(C)OC(=O)N(CCCCn2cnc(-c3cccnc3)c2)[C@@H]1[C@@H](C)C(=O)[C@H](C)CC(C)(C)OC. The minimum Gasteiger partial charge on any atom is -0.458 e. The van der Waals surface area contributed by atoms with Gasteiger partial charge < -0.3 is 23.7 Å². The van der Waals surface area contributed by atoms with Crippen LogP contribution in [0.25, 0.3) is 11.3 Å². The molecule has 1 aliphatic heterocycles. The zero-order chi connectivity index (χ0) is 35.1. The average Bonchev–Trinajstić information content (AvgIpc) is 3.62. The summed E-state index contributed by atoms with van der Waals surface area (Å²) in [6.07, 6.45) is 8.04. The fourth-order valence-corrected chi connectivity index (χ4v) is 6.69. The molecule has 2 aromatic heterocycles. The molecule has 11 nitrogen and oxygen atoms in total. The van der Waals surface area contributed by atoms with E-state index in [1.165, 1.54) is 6.92 Å². The molecule has 1 fully saturated rings. The molecule has 0 saturated carbocycles. The van der Waals surface area contributed by atoms with E-state index in [0.717, 1.165) is 17.7 Å². The third-order valence-electron chi connectivity index (χ3n) is 9.50. The van der Waals surface area contributed by atoms with Gasteiger partial charge in [-0.1, -0.05) is 34.6 Å². The number of aromatic nitrogens is 3. The quantitative estimate of drug-likeness (QED) is 0.106. The molecule has 1 saturated heterocycles. The van der Waals surface area contributed by atoms with E-state index in [0.29, 0.717) is 32.4 Å². The molecule has 0 spiro atoms. The van der Waals surface area contributed by atoms with Gasteiger partial charge in [-0.3, -0.25) is 19.4 Å². The third kappa shape index (κ3) is 9.06. The molecule has 1 amide bonds. The summed E-state index contributed by atoms with van der Waals surface area (Å²) in [5.41, 5.74) is -0.0647. The molecule has 1 aliphatic rings. The van der Waals surface area contributed by atoms with Crippen LogP contribution >= 0.6 is 0 Å². The minimum absolute atomic E-state index is 0.0273. The number of esters is 1. The number of nitrogens with zero attached hydrogens (tertiary/aromatic N) is 4. The Balaban J connectivity index is 1.83. The van der Waals surface area contributed by atoms with Gasteiger partial charge in [-0.2, -0.15) is 0 Å². The van der Waals surface area contributed by atoms with Crippen molar-refractivity contribution in [1.29, 1.82) is 0 Å². The number of hydrogen-bond acceptors (Lipinski definition) is 9. The lowest BCUT2D eigenvalue weighted by atomic mass is 9.76. The van der Waals surface area contributed by atoms with Crippen LogP contribution in [0, 0.1) is 23.7 Å². The lowest BCUT2D eigenvalue weighted by Crippen LogP contribution is -2.57. The predicted octanol–water partition coefficient (Wildman–Crippen LogP) is 6.14. The number of ketones is 2. The van der Waals surface area contributed by atoms with E-state index in [-0.39, 0.29) is 23.4 Å². The molecular weight excluding hydrogens is 600 g/mol. The third-order valence-corrected chi connectivity index (χ3v) is 9.50. The van der Waals surface area contributed by atoms with Crippen LogP contribution < -0.4 is 0 Å². The molecule has 3 rings (SSSR count). The largest absolute Gasteiger partial charge is 0.458 e. The Bertz CT molecular complexity index is 1370. The highest BCUT2D eigenvalue weighted by atomic mass is 16.6. The molecule has 3 heterocycles. The maximum absolute atomic E-state index is 14.0. The van der Waals surface area contributed by atoms with Crippen LogP contribution in [0.4, 0.5) is 4.79 Å². The summed E-state index contributed by atoms with van der Waals surface area (Å²) in [7, 11) is 1.62. The first-order chi connectivity index (χ1) is 22.1. The highest BCUT2D eigenvalue weighted by molar-refractivity contribution is 5.99. The van der Waals surface area contributed by atoms with E-state index < -0.39 is 47.2 Å². The number of rotatable bonds is 18. The highest BCUT2D eigenvalue weighted by Gasteiger charge is 2.59. The Morgan fingerprint density at radius 2 is 1.77 bits per heavy atom. The number of cyclic esters (lactones) is 1. The van der Waals surface area contributed by atoms with Gasteiger partial charge in [-0.15, -0.1) is 0 Å². The molecule has 2 aromatic rings. The lowest BCUT2D eigenvalue weighted by Gasteiger charge is -2.40. The molecule has 0 aromatic carbocycles. The van der Waals surface area contributed by atoms with Crippen molar-refractivity contribution in [3.05, 3.63) is 37.1 Å². The molecule has 11 heteroatoms. The number of ether oxygens (including phenoxy) is 3. The van der Waals surface area contributed by atoms with E-state index >= 15 is 0 Å². The first-order valence-electron chi connectivity index (χ1n) is 16.8. The van der Waals surface area contributed by atoms with Gasteiger partial charge in [0, 0.05) is 62.1 Å². The zero-order valence-corrected chi connectivity index (χ0v) is 29.8. The summed E-state index contributed by atoms with van der Waals surface area (Å²) in [6, 6.07) is 3.13. The lowest BCUT2D eigenvalue weighted by molar-refractivity contribution is -0.171. The van der Waals surface area contributed by atoms with E-state index in [9.17, 15) is 19.2 Å². The Morgan fingerprint density at radius 1 is 1.09 bits per heavy atom. The summed E-state index contributed by atoms with van der Waals surface area (Å²) in [6.45, 7) is 17.2. The monoisotopic (exact) mass is 654 g/mol. The second-order valence-electron chi connectivity index (χ2n) is 14.0. The standard InChI is InChI=1S/C36H54N4O7/c1-11-29(46-33(43)26(6)30(41)23(2)3)36(9)32(25(5)31(42)24(4)19-35(7,8)45-10)40(34(44)47-36)18-13-12-17-39-21-28(38-22-39)27-15-14-16-37-20-27/h14-16,20-26,29,32H,11-13,17-19H2,1-10H3/t24-,25+,26-,29-,32-,36-/m1/s1. The maximum Gasteiger partial charge on any atom is 0.410 e. The predicted molar refractivity (Wildman–Crippen MR) is 178 cm³/mol. The molecule has 0 N–H and O–H groups in total. The number of imidazole rings is 1. The number of carbonyl (C=O) groups excluding carboxylic acids is 4. The van der Waals surface area contributed by atoms with Crippen LogP contribution in [0.2, 0.25) is 0 Å². The van der Waals surface area contributed by atoms with Crippen molar-refractivity contribution in [1.82, 2.24) is 19.4 Å². The van der Waals surface area contributed by atoms with Gasteiger partial charge in [0.2, 0.25) is 0 Å². The Morgan fingerprint density at radius 3 is 2.36 bits per heavy atom. The van der Waals surface area contributed by atoms with Crippen LogP contribution in [0.3, 0.4) is 0 Å². The number of unbranched alkanes of at least 4 members (excludes halogenated alkanes) is 1. The van der Waals surface area contributed by atoms with Crippen LogP contribution in [0.15, 0.2) is 37.1 Å². The summed E-state index contributed by atoms with van der Waals surface area (Å²) in [5, 5.41) is 0. The van der Waals surface area contributed by atoms with Crippen LogP contribution in [0.5, 0.6) is 0 Å². The number of pyridine rings is 1. The van der Waals surface area contributed by atoms with Gasteiger partial charge in [0.1, 0.15) is 23.6 Å². The van der Waals surface area contributed by atoms with Gasteiger partial charge in [-0.25, -0.2) is 9.78 Å². The molecular formula is C36H54N4O7. The van der Waals surface area contributed by atoms with Crippen LogP contribution in [-0.4, -0.2) is 80.1 Å². The molecule has 0 radical (unpaired) electrons. The maximum atomic E-state index is 14.0. The van der Waals surface area contributed by atoms with E-state index in [4.69, 9.17) is 14.2 Å². The molecule has 47 heavy (non-hydrogen) atoms. The van der Waals surface area contributed by atoms with Gasteiger partial charge in [0.25, 0.3) is 0 Å². The van der Waals surface area contributed by atoms with Crippen molar-refractivity contribution in [2.45, 2.75) is 118 Å². The number of hydrogen-bond donors (Lipinski definition) is 0. The summed E-state index contributed by atoms with van der Waals surface area (Å²) in [4.78, 5) is 63.6. The fraction of sp³-hybridized carbons (Fsp3) is 0.667. The second-order valence-corrected chi connectivity index (χ2v) is 14.0. The van der Waals surface area contributed by atoms with Crippen molar-refractivity contribution in [2.75, 3.05) is 13.7 Å². The summed E-state index contributed by atoms with van der Waals surface area (Å²) in [5.74, 6) is -3.20. The molecule has 0 bridgehead atoms. The minimum atomic E-state index is -1.32. The molecule has 260 valence electrons. The van der Waals surface area contributed by atoms with Crippen LogP contribution in [-0.2, 0) is 35.1 Å². The summed E-state index contributed by atoms with van der Waals surface area (Å²) >= 11 is 0. The zero-order valence-electron chi connectivity index (χ0n) is 29.8. The van der Waals surface area contributed by atoms with Crippen molar-refractivity contribution in [3.8, 4) is 11.3 Å². The first-order valence-corrected chi connectivity index (χ1v) is 16.8. The van der Waals surface area contributed by atoms with Gasteiger partial charge >= 0.3 is 12.1 Å². The van der Waals surface area contributed by atoms with Crippen molar-refractivity contribution in [3.63, 3.8) is 0 Å². The number of methoxy groups -OCH3 is 1. The average molecular weight is 655 g/mol. The van der Waals surface area contributed by atoms with E-state index in [1.54, 1.807) is 51.5 Å². The first kappa shape index (κ1) is 37.9. The number of amides is 1. The Kier molecular flexibility index (Phi) is 12.9. The Hall–Kier alpha value is -3.60. The molecule has 6 atom stereocenters. The number of aryl methyl sites for hydroxylation is 1. The second kappa shape index (κ2) is 16.0. The van der Waals surface area contributed by atoms with Crippen molar-refractivity contribution >= 4 is 23.6 Å². The van der Waals surface area contributed by atoms with Gasteiger partial charge in [0.05, 0.1) is 23.7 Å².